The summed E-state index contributed by atoms with van der Waals surface area (Å²) in [5.41, 5.74) is 2.93. The van der Waals surface area contributed by atoms with Gasteiger partial charge in [0.2, 0.25) is 5.91 Å². The maximum atomic E-state index is 12.8. The molecule has 1 aliphatic heterocycles. The van der Waals surface area contributed by atoms with E-state index in [1.807, 2.05) is 22.9 Å². The van der Waals surface area contributed by atoms with E-state index in [0.717, 1.165) is 70.8 Å². The van der Waals surface area contributed by atoms with Gasteiger partial charge in [-0.05, 0) is 42.7 Å². The molecule has 32 heavy (non-hydrogen) atoms. The molecule has 4 rings (SSSR count). The zero-order valence-electron chi connectivity index (χ0n) is 18.2. The van der Waals surface area contributed by atoms with Crippen LogP contribution in [0, 0.1) is 12.3 Å². The van der Waals surface area contributed by atoms with Crippen LogP contribution in [-0.2, 0) is 22.6 Å². The van der Waals surface area contributed by atoms with Crippen LogP contribution in [-0.4, -0.2) is 39.1 Å². The first-order chi connectivity index (χ1) is 15.5. The SMILES string of the molecule is C#CCN1C(=O)S/C(=C\c2cn(CC(=O)NC3CCCCC3)c3c(CC)cccc23)C1=O. The highest BCUT2D eigenvalue weighted by molar-refractivity contribution is 8.18. The van der Waals surface area contributed by atoms with Gasteiger partial charge in [0.15, 0.2) is 0 Å². The molecule has 0 unspecified atom stereocenters. The summed E-state index contributed by atoms with van der Waals surface area (Å²) >= 11 is 0.896. The number of nitrogens with one attached hydrogen (secondary N) is 1. The van der Waals surface area contributed by atoms with Crippen molar-refractivity contribution in [3.63, 3.8) is 0 Å². The number of thioether (sulfide) groups is 1. The van der Waals surface area contributed by atoms with Crippen LogP contribution >= 0.6 is 11.8 Å². The Morgan fingerprint density at radius 1 is 1.28 bits per heavy atom. The normalized spacial score (nSPS) is 18.5. The molecule has 6 nitrogen and oxygen atoms in total. The van der Waals surface area contributed by atoms with Crippen LogP contribution in [0.3, 0.4) is 0 Å². The maximum Gasteiger partial charge on any atom is 0.294 e. The fraction of sp³-hybridized carbons (Fsp3) is 0.400. The molecule has 0 spiro atoms. The summed E-state index contributed by atoms with van der Waals surface area (Å²) in [5.74, 6) is 1.98. The van der Waals surface area contributed by atoms with Crippen molar-refractivity contribution >= 4 is 45.8 Å². The molecule has 0 atom stereocenters. The number of carbonyl (C=O) groups excluding carboxylic acids is 3. The summed E-state index contributed by atoms with van der Waals surface area (Å²) in [7, 11) is 0. The van der Waals surface area contributed by atoms with Gasteiger partial charge in [0.1, 0.15) is 6.54 Å². The second-order valence-electron chi connectivity index (χ2n) is 8.25. The van der Waals surface area contributed by atoms with Crippen LogP contribution in [0.2, 0.25) is 0 Å². The lowest BCUT2D eigenvalue weighted by molar-refractivity contribution is -0.123. The highest BCUT2D eigenvalue weighted by Crippen LogP contribution is 2.34. The van der Waals surface area contributed by atoms with E-state index < -0.39 is 0 Å². The number of para-hydroxylation sites is 1. The molecule has 2 heterocycles. The molecule has 0 bridgehead atoms. The van der Waals surface area contributed by atoms with E-state index >= 15 is 0 Å². The van der Waals surface area contributed by atoms with Crippen molar-refractivity contribution in [1.29, 1.82) is 0 Å². The summed E-state index contributed by atoms with van der Waals surface area (Å²) in [6.07, 6.45) is 15.4. The molecule has 2 aromatic rings. The monoisotopic (exact) mass is 449 g/mol. The summed E-state index contributed by atoms with van der Waals surface area (Å²) in [6.45, 7) is 2.26. The predicted octanol–water partition coefficient (Wildman–Crippen LogP) is 4.32. The largest absolute Gasteiger partial charge is 0.352 e. The topological polar surface area (TPSA) is 71.4 Å². The van der Waals surface area contributed by atoms with E-state index in [9.17, 15) is 14.4 Å². The van der Waals surface area contributed by atoms with Gasteiger partial charge in [-0.25, -0.2) is 0 Å². The molecule has 1 aromatic carbocycles. The van der Waals surface area contributed by atoms with E-state index in [2.05, 4.69) is 24.2 Å². The molecule has 2 fully saturated rings. The van der Waals surface area contributed by atoms with Crippen LogP contribution < -0.4 is 5.32 Å². The number of terminal acetylenes is 1. The molecule has 1 aromatic heterocycles. The van der Waals surface area contributed by atoms with Crippen molar-refractivity contribution in [2.24, 2.45) is 0 Å². The number of hydrogen-bond donors (Lipinski definition) is 1. The Hall–Kier alpha value is -2.98. The Morgan fingerprint density at radius 2 is 2.06 bits per heavy atom. The minimum atomic E-state index is -0.375. The van der Waals surface area contributed by atoms with Crippen molar-refractivity contribution in [1.82, 2.24) is 14.8 Å². The van der Waals surface area contributed by atoms with Gasteiger partial charge in [-0.15, -0.1) is 6.42 Å². The molecule has 1 aliphatic carbocycles. The van der Waals surface area contributed by atoms with Crippen LogP contribution in [0.25, 0.3) is 17.0 Å². The van der Waals surface area contributed by atoms with E-state index in [1.54, 1.807) is 6.08 Å². The number of amides is 3. The zero-order valence-corrected chi connectivity index (χ0v) is 19.0. The third-order valence-corrected chi connectivity index (χ3v) is 6.99. The molecule has 1 saturated carbocycles. The molecule has 0 radical (unpaired) electrons. The van der Waals surface area contributed by atoms with Crippen LogP contribution in [0.15, 0.2) is 29.3 Å². The molecule has 2 aliphatic rings. The third-order valence-electron chi connectivity index (χ3n) is 6.09. The van der Waals surface area contributed by atoms with Gasteiger partial charge in [0.05, 0.1) is 17.0 Å². The quantitative estimate of drug-likeness (QED) is 0.527. The number of rotatable bonds is 6. The van der Waals surface area contributed by atoms with Crippen molar-refractivity contribution in [2.45, 2.75) is 58.0 Å². The maximum absolute atomic E-state index is 12.8. The van der Waals surface area contributed by atoms with Gasteiger partial charge in [-0.2, -0.15) is 0 Å². The Bertz CT molecular complexity index is 1140. The lowest BCUT2D eigenvalue weighted by atomic mass is 9.95. The number of hydrogen-bond acceptors (Lipinski definition) is 4. The average Bonchev–Trinajstić information content (AvgIpc) is 3.26. The average molecular weight is 450 g/mol. The van der Waals surface area contributed by atoms with Gasteiger partial charge in [-0.1, -0.05) is 50.3 Å². The number of imide groups is 1. The first kappa shape index (κ1) is 22.2. The van der Waals surface area contributed by atoms with E-state index in [0.29, 0.717) is 4.91 Å². The van der Waals surface area contributed by atoms with Crippen molar-refractivity contribution in [2.75, 3.05) is 6.54 Å². The van der Waals surface area contributed by atoms with Gasteiger partial charge >= 0.3 is 0 Å². The van der Waals surface area contributed by atoms with Gasteiger partial charge in [-0.3, -0.25) is 19.3 Å². The van der Waals surface area contributed by atoms with Crippen LogP contribution in [0.5, 0.6) is 0 Å². The highest BCUT2D eigenvalue weighted by atomic mass is 32.2. The fourth-order valence-electron chi connectivity index (χ4n) is 4.53. The number of carbonyl (C=O) groups is 3. The summed E-state index contributed by atoms with van der Waals surface area (Å²) in [5, 5.41) is 3.78. The lowest BCUT2D eigenvalue weighted by Gasteiger charge is -2.23. The fourth-order valence-corrected chi connectivity index (χ4v) is 5.36. The molecule has 1 N–H and O–H groups in total. The zero-order chi connectivity index (χ0) is 22.7. The smallest absolute Gasteiger partial charge is 0.294 e. The molecule has 1 saturated heterocycles. The molecule has 166 valence electrons. The van der Waals surface area contributed by atoms with E-state index in [1.165, 1.54) is 6.42 Å². The standard InChI is InChI=1S/C25H27N3O3S/c1-3-13-28-24(30)21(32-25(28)31)14-18-15-27(23-17(4-2)9-8-12-20(18)23)16-22(29)26-19-10-6-5-7-11-19/h1,8-9,12,14-15,19H,4-7,10-11,13,16H2,2H3,(H,26,29)/b21-14-. The Kier molecular flexibility index (Phi) is 6.71. The van der Waals surface area contributed by atoms with E-state index in [-0.39, 0.29) is 36.2 Å². The van der Waals surface area contributed by atoms with Crippen LogP contribution in [0.4, 0.5) is 4.79 Å². The number of aryl methyl sites for hydroxylation is 1. The first-order valence-electron chi connectivity index (χ1n) is 11.1. The number of aromatic nitrogens is 1. The third kappa shape index (κ3) is 4.46. The molecule has 3 amide bonds. The van der Waals surface area contributed by atoms with E-state index in [4.69, 9.17) is 6.42 Å². The number of benzene rings is 1. The first-order valence-corrected chi connectivity index (χ1v) is 11.9. The number of fused-ring (bicyclic) bond motifs is 1. The molecular weight excluding hydrogens is 422 g/mol. The molecule has 7 heteroatoms. The minimum Gasteiger partial charge on any atom is -0.352 e. The van der Waals surface area contributed by atoms with Crippen LogP contribution in [0.1, 0.15) is 50.2 Å². The minimum absolute atomic E-state index is 0.000556. The number of nitrogens with zero attached hydrogens (tertiary/aromatic N) is 2. The van der Waals surface area contributed by atoms with Crippen molar-refractivity contribution in [3.8, 4) is 12.3 Å². The van der Waals surface area contributed by atoms with Gasteiger partial charge in [0, 0.05) is 23.2 Å². The second kappa shape index (κ2) is 9.66. The Labute approximate surface area is 192 Å². The van der Waals surface area contributed by atoms with Crippen molar-refractivity contribution in [3.05, 3.63) is 40.4 Å². The van der Waals surface area contributed by atoms with Gasteiger partial charge in [0.25, 0.3) is 11.1 Å². The van der Waals surface area contributed by atoms with Gasteiger partial charge < -0.3 is 9.88 Å². The molecular formula is C25H27N3O3S. The lowest BCUT2D eigenvalue weighted by Crippen LogP contribution is -2.38. The predicted molar refractivity (Wildman–Crippen MR) is 128 cm³/mol. The Balaban J connectivity index is 1.66. The Morgan fingerprint density at radius 3 is 2.78 bits per heavy atom. The summed E-state index contributed by atoms with van der Waals surface area (Å²) in [4.78, 5) is 39.0. The van der Waals surface area contributed by atoms with Crippen molar-refractivity contribution < 1.29 is 14.4 Å². The summed E-state index contributed by atoms with van der Waals surface area (Å²) in [6, 6.07) is 6.28. The summed E-state index contributed by atoms with van der Waals surface area (Å²) < 4.78 is 1.96. The highest BCUT2D eigenvalue weighted by Gasteiger charge is 2.34. The second-order valence-corrected chi connectivity index (χ2v) is 9.25.